The quantitative estimate of drug-likeness (QED) is 0.158. The minimum Gasteiger partial charge on any atom is -0.241 e. The molecule has 0 aliphatic rings. The summed E-state index contributed by atoms with van der Waals surface area (Å²) in [6.07, 6.45) is 0. The van der Waals surface area contributed by atoms with Crippen LogP contribution in [0.5, 0.6) is 0 Å². The molecule has 7 aromatic carbocycles. The summed E-state index contributed by atoms with van der Waals surface area (Å²) in [5, 5.41) is 13.0. The summed E-state index contributed by atoms with van der Waals surface area (Å²) in [5.74, 6) is 1.86. The highest BCUT2D eigenvalue weighted by Gasteiger charge is 2.18. The van der Waals surface area contributed by atoms with Gasteiger partial charge in [-0.25, -0.2) is 24.9 Å². The Bertz CT molecular complexity index is 3320. The van der Waals surface area contributed by atoms with E-state index in [1.807, 2.05) is 60.7 Å². The molecular weight excluding hydrogens is 745 g/mol. The minimum absolute atomic E-state index is 0.612. The van der Waals surface area contributed by atoms with E-state index in [1.54, 1.807) is 11.3 Å². The largest absolute Gasteiger partial charge is 0.241 e. The lowest BCUT2D eigenvalue weighted by molar-refractivity contribution is 0.904. The van der Waals surface area contributed by atoms with Gasteiger partial charge in [0.1, 0.15) is 21.6 Å². The summed E-state index contributed by atoms with van der Waals surface area (Å²) in [6.45, 7) is 0. The maximum atomic E-state index is 5.04. The zero-order valence-corrected chi connectivity index (χ0v) is 32.1. The summed E-state index contributed by atoms with van der Waals surface area (Å²) in [6, 6.07) is 62.1. The molecular formula is C50H30N8S. The molecule has 59 heavy (non-hydrogen) atoms. The highest BCUT2D eigenvalue weighted by atomic mass is 32.1. The van der Waals surface area contributed by atoms with Crippen molar-refractivity contribution in [2.24, 2.45) is 0 Å². The van der Waals surface area contributed by atoms with Crippen molar-refractivity contribution in [3.8, 4) is 78.8 Å². The van der Waals surface area contributed by atoms with Crippen molar-refractivity contribution < 1.29 is 0 Å². The first-order chi connectivity index (χ1) is 29.2. The predicted molar refractivity (Wildman–Crippen MR) is 237 cm³/mol. The third-order valence-corrected chi connectivity index (χ3v) is 11.5. The van der Waals surface area contributed by atoms with Crippen LogP contribution in [0.4, 0.5) is 0 Å². The van der Waals surface area contributed by atoms with Crippen molar-refractivity contribution in [2.45, 2.75) is 0 Å². The molecule has 0 fully saturated rings. The highest BCUT2D eigenvalue weighted by Crippen LogP contribution is 2.37. The fourth-order valence-electron chi connectivity index (χ4n) is 7.39. The lowest BCUT2D eigenvalue weighted by Crippen LogP contribution is -2.00. The second-order valence-electron chi connectivity index (χ2n) is 14.1. The second-order valence-corrected chi connectivity index (χ2v) is 15.1. The molecule has 11 rings (SSSR count). The summed E-state index contributed by atoms with van der Waals surface area (Å²) >= 11 is 1.55. The van der Waals surface area contributed by atoms with E-state index in [0.717, 1.165) is 92.9 Å². The molecule has 4 heterocycles. The van der Waals surface area contributed by atoms with Gasteiger partial charge in [-0.05, 0) is 62.9 Å². The van der Waals surface area contributed by atoms with E-state index in [4.69, 9.17) is 24.9 Å². The van der Waals surface area contributed by atoms with Crippen LogP contribution in [-0.4, -0.2) is 40.3 Å². The Labute approximate surface area is 342 Å². The molecule has 4 aromatic heterocycles. The third kappa shape index (κ3) is 6.55. The van der Waals surface area contributed by atoms with Crippen molar-refractivity contribution in [1.82, 2.24) is 40.3 Å². The van der Waals surface area contributed by atoms with Crippen molar-refractivity contribution in [3.05, 3.63) is 182 Å². The number of hydrogen-bond acceptors (Lipinski definition) is 9. The highest BCUT2D eigenvalue weighted by molar-refractivity contribution is 7.25. The zero-order valence-electron chi connectivity index (χ0n) is 31.3. The molecule has 0 aliphatic heterocycles. The Balaban J connectivity index is 0.914. The van der Waals surface area contributed by atoms with Crippen LogP contribution < -0.4 is 0 Å². The monoisotopic (exact) mass is 774 g/mol. The lowest BCUT2D eigenvalue weighted by atomic mass is 9.97. The van der Waals surface area contributed by atoms with Gasteiger partial charge in [0.05, 0.1) is 15.7 Å². The first-order valence-corrected chi connectivity index (χ1v) is 20.0. The minimum atomic E-state index is 0.612. The number of nitrogens with zero attached hydrogens (tertiary/aromatic N) is 8. The molecule has 0 saturated heterocycles. The molecule has 276 valence electrons. The Morgan fingerprint density at radius 1 is 0.305 bits per heavy atom. The topological polar surface area (TPSA) is 103 Å². The van der Waals surface area contributed by atoms with E-state index < -0.39 is 0 Å². The molecule has 8 nitrogen and oxygen atoms in total. The number of fused-ring (bicyclic) bond motifs is 4. The van der Waals surface area contributed by atoms with Gasteiger partial charge in [0.15, 0.2) is 17.5 Å². The van der Waals surface area contributed by atoms with E-state index in [2.05, 4.69) is 137 Å². The van der Waals surface area contributed by atoms with Gasteiger partial charge in [0.2, 0.25) is 0 Å². The van der Waals surface area contributed by atoms with E-state index in [9.17, 15) is 0 Å². The van der Waals surface area contributed by atoms with Gasteiger partial charge >= 0.3 is 0 Å². The summed E-state index contributed by atoms with van der Waals surface area (Å²) in [5.41, 5.74) is 14.3. The summed E-state index contributed by atoms with van der Waals surface area (Å²) in [4.78, 5) is 25.5. The average molecular weight is 775 g/mol. The standard InChI is InChI=1S/C50H30N8S/c1-3-11-31(12-4-1)32-23-27-36(28-24-32)48-53-47(35-13-5-2-6-14-35)54-49(55-48)40-18-10-17-39(30-40)38-16-9-15-37(29-38)33-21-25-34(26-22-33)43-46-44(57-58-56-43)45-50(59-46)52-42-20-8-7-19-41(42)51-45/h1-30H. The van der Waals surface area contributed by atoms with Crippen LogP contribution >= 0.6 is 11.3 Å². The molecule has 0 amide bonds. The van der Waals surface area contributed by atoms with Crippen molar-refractivity contribution in [2.75, 3.05) is 0 Å². The summed E-state index contributed by atoms with van der Waals surface area (Å²) < 4.78 is 0.919. The number of hydrogen-bond donors (Lipinski definition) is 0. The van der Waals surface area contributed by atoms with Crippen molar-refractivity contribution >= 4 is 42.9 Å². The van der Waals surface area contributed by atoms with Crippen LogP contribution in [0.3, 0.4) is 0 Å². The van der Waals surface area contributed by atoms with Crippen molar-refractivity contribution in [1.29, 1.82) is 0 Å². The molecule has 0 spiro atoms. The van der Waals surface area contributed by atoms with Crippen LogP contribution in [0.2, 0.25) is 0 Å². The van der Waals surface area contributed by atoms with Gasteiger partial charge in [0, 0.05) is 22.3 Å². The third-order valence-electron chi connectivity index (χ3n) is 10.4. The van der Waals surface area contributed by atoms with Crippen LogP contribution in [0.1, 0.15) is 0 Å². The lowest BCUT2D eigenvalue weighted by Gasteiger charge is -2.11. The van der Waals surface area contributed by atoms with Crippen LogP contribution in [0.25, 0.3) is 110 Å². The van der Waals surface area contributed by atoms with E-state index in [1.165, 1.54) is 0 Å². The first kappa shape index (κ1) is 34.4. The SMILES string of the molecule is c1ccc(-c2ccc(-c3nc(-c4ccccc4)nc(-c4cccc(-c5cccc(-c6ccc(-c7nnnc8c7sc7nc9ccccc9nc78)cc6)c5)c4)n3)cc2)cc1. The van der Waals surface area contributed by atoms with Gasteiger partial charge in [-0.3, -0.25) is 0 Å². The Kier molecular flexibility index (Phi) is 8.49. The molecule has 0 atom stereocenters. The fraction of sp³-hybridized carbons (Fsp3) is 0. The van der Waals surface area contributed by atoms with Gasteiger partial charge in [-0.1, -0.05) is 158 Å². The molecule has 0 saturated carbocycles. The fourth-order valence-corrected chi connectivity index (χ4v) is 8.46. The van der Waals surface area contributed by atoms with Crippen LogP contribution in [0.15, 0.2) is 182 Å². The van der Waals surface area contributed by atoms with E-state index in [0.29, 0.717) is 17.5 Å². The number of benzene rings is 7. The first-order valence-electron chi connectivity index (χ1n) is 19.2. The van der Waals surface area contributed by atoms with Crippen LogP contribution in [-0.2, 0) is 0 Å². The molecule has 0 radical (unpaired) electrons. The number of rotatable bonds is 7. The number of thiophene rings is 1. The molecule has 0 unspecified atom stereocenters. The Morgan fingerprint density at radius 2 is 0.746 bits per heavy atom. The van der Waals surface area contributed by atoms with Crippen molar-refractivity contribution in [3.63, 3.8) is 0 Å². The molecule has 11 aromatic rings. The van der Waals surface area contributed by atoms with Gasteiger partial charge < -0.3 is 0 Å². The van der Waals surface area contributed by atoms with Gasteiger partial charge in [0.25, 0.3) is 0 Å². The zero-order chi connectivity index (χ0) is 39.1. The van der Waals surface area contributed by atoms with Crippen LogP contribution in [0, 0.1) is 0 Å². The van der Waals surface area contributed by atoms with Gasteiger partial charge in [-0.2, -0.15) is 0 Å². The Morgan fingerprint density at radius 3 is 1.41 bits per heavy atom. The second kappa shape index (κ2) is 14.6. The predicted octanol–water partition coefficient (Wildman–Crippen LogP) is 12.0. The number of aromatic nitrogens is 8. The maximum absolute atomic E-state index is 5.04. The average Bonchev–Trinajstić information content (AvgIpc) is 3.69. The number of para-hydroxylation sites is 2. The maximum Gasteiger partial charge on any atom is 0.164 e. The molecule has 0 aliphatic carbocycles. The smallest absolute Gasteiger partial charge is 0.164 e. The van der Waals surface area contributed by atoms with E-state index in [-0.39, 0.29) is 0 Å². The Hall–Kier alpha value is -7.88. The van der Waals surface area contributed by atoms with Gasteiger partial charge in [-0.15, -0.1) is 21.5 Å². The molecule has 0 bridgehead atoms. The molecule has 9 heteroatoms. The van der Waals surface area contributed by atoms with E-state index >= 15 is 0 Å². The summed E-state index contributed by atoms with van der Waals surface area (Å²) in [7, 11) is 0. The molecule has 0 N–H and O–H groups in total. The normalized spacial score (nSPS) is 11.4.